The van der Waals surface area contributed by atoms with Crippen LogP contribution >= 0.6 is 15.9 Å². The van der Waals surface area contributed by atoms with Gasteiger partial charge in [0.05, 0.1) is 25.5 Å². The SMILES string of the molecule is COc1ccc(NC(=O)c2cc(F)ccc2Br)c(OC)c1. The van der Waals surface area contributed by atoms with E-state index in [4.69, 9.17) is 9.47 Å². The fraction of sp³-hybridized carbons (Fsp3) is 0.133. The molecule has 0 unspecified atom stereocenters. The molecule has 0 heterocycles. The Morgan fingerprint density at radius 2 is 1.90 bits per heavy atom. The summed E-state index contributed by atoms with van der Waals surface area (Å²) in [5.41, 5.74) is 0.673. The molecule has 0 bridgehead atoms. The van der Waals surface area contributed by atoms with E-state index in [1.165, 1.54) is 26.4 Å². The van der Waals surface area contributed by atoms with Gasteiger partial charge in [-0.15, -0.1) is 0 Å². The molecule has 0 atom stereocenters. The largest absolute Gasteiger partial charge is 0.497 e. The number of hydrogen-bond donors (Lipinski definition) is 1. The fourth-order valence-electron chi connectivity index (χ4n) is 1.76. The maximum atomic E-state index is 13.2. The lowest BCUT2D eigenvalue weighted by Crippen LogP contribution is -2.13. The molecule has 0 aromatic heterocycles. The van der Waals surface area contributed by atoms with Gasteiger partial charge in [0, 0.05) is 10.5 Å². The van der Waals surface area contributed by atoms with Crippen LogP contribution in [0.4, 0.5) is 10.1 Å². The number of benzene rings is 2. The molecule has 0 spiro atoms. The van der Waals surface area contributed by atoms with Gasteiger partial charge >= 0.3 is 0 Å². The Bertz CT molecular complexity index is 676. The minimum atomic E-state index is -0.481. The summed E-state index contributed by atoms with van der Waals surface area (Å²) in [6.07, 6.45) is 0. The Labute approximate surface area is 130 Å². The topological polar surface area (TPSA) is 47.6 Å². The first kappa shape index (κ1) is 15.3. The van der Waals surface area contributed by atoms with Crippen molar-refractivity contribution >= 4 is 27.5 Å². The van der Waals surface area contributed by atoms with Gasteiger partial charge in [0.15, 0.2) is 0 Å². The summed E-state index contributed by atoms with van der Waals surface area (Å²) >= 11 is 3.22. The zero-order valence-corrected chi connectivity index (χ0v) is 13.0. The standard InChI is InChI=1S/C15H13BrFNO3/c1-20-10-4-6-13(14(8-10)21-2)18-15(19)11-7-9(17)3-5-12(11)16/h3-8H,1-2H3,(H,18,19). The molecule has 2 rings (SSSR count). The summed E-state index contributed by atoms with van der Waals surface area (Å²) in [7, 11) is 3.03. The normalized spacial score (nSPS) is 10.1. The Morgan fingerprint density at radius 3 is 2.57 bits per heavy atom. The highest BCUT2D eigenvalue weighted by atomic mass is 79.9. The van der Waals surface area contributed by atoms with E-state index in [-0.39, 0.29) is 5.56 Å². The molecule has 4 nitrogen and oxygen atoms in total. The Hall–Kier alpha value is -2.08. The number of anilines is 1. The second-order valence-corrected chi connectivity index (χ2v) is 5.00. The van der Waals surface area contributed by atoms with Crippen molar-refractivity contribution in [3.8, 4) is 11.5 Å². The molecule has 0 aliphatic heterocycles. The molecule has 6 heteroatoms. The third-order valence-electron chi connectivity index (χ3n) is 2.83. The van der Waals surface area contributed by atoms with E-state index in [0.29, 0.717) is 21.7 Å². The maximum absolute atomic E-state index is 13.2. The molecule has 0 aliphatic rings. The van der Waals surface area contributed by atoms with E-state index in [9.17, 15) is 9.18 Å². The number of carbonyl (C=O) groups is 1. The number of ether oxygens (including phenoxy) is 2. The van der Waals surface area contributed by atoms with Crippen LogP contribution in [-0.2, 0) is 0 Å². The molecule has 2 aromatic rings. The van der Waals surface area contributed by atoms with Gasteiger partial charge < -0.3 is 14.8 Å². The highest BCUT2D eigenvalue weighted by molar-refractivity contribution is 9.10. The van der Waals surface area contributed by atoms with Crippen LogP contribution in [0.25, 0.3) is 0 Å². The molecule has 0 saturated carbocycles. The van der Waals surface area contributed by atoms with Crippen LogP contribution in [0, 0.1) is 5.82 Å². The first-order chi connectivity index (χ1) is 10.0. The van der Waals surface area contributed by atoms with Gasteiger partial charge in [-0.3, -0.25) is 4.79 Å². The number of carbonyl (C=O) groups excluding carboxylic acids is 1. The molecule has 0 saturated heterocycles. The second-order valence-electron chi connectivity index (χ2n) is 4.14. The van der Waals surface area contributed by atoms with Crippen molar-refractivity contribution in [1.29, 1.82) is 0 Å². The lowest BCUT2D eigenvalue weighted by molar-refractivity contribution is 0.102. The summed E-state index contributed by atoms with van der Waals surface area (Å²) in [5, 5.41) is 2.68. The predicted molar refractivity (Wildman–Crippen MR) is 81.6 cm³/mol. The zero-order valence-electron chi connectivity index (χ0n) is 11.4. The van der Waals surface area contributed by atoms with Crippen LogP contribution in [0.2, 0.25) is 0 Å². The summed E-state index contributed by atoms with van der Waals surface area (Å²) in [6, 6.07) is 8.91. The number of hydrogen-bond acceptors (Lipinski definition) is 3. The second kappa shape index (κ2) is 6.58. The summed E-state index contributed by atoms with van der Waals surface area (Å²) in [6.45, 7) is 0. The number of halogens is 2. The summed E-state index contributed by atoms with van der Waals surface area (Å²) in [5.74, 6) is 0.141. The lowest BCUT2D eigenvalue weighted by Gasteiger charge is -2.12. The Morgan fingerprint density at radius 1 is 1.14 bits per heavy atom. The van der Waals surface area contributed by atoms with Gasteiger partial charge in [-0.1, -0.05) is 0 Å². The first-order valence-electron chi connectivity index (χ1n) is 6.03. The van der Waals surface area contributed by atoms with E-state index in [1.54, 1.807) is 18.2 Å². The third kappa shape index (κ3) is 3.52. The van der Waals surface area contributed by atoms with Crippen molar-refractivity contribution in [2.24, 2.45) is 0 Å². The number of nitrogens with one attached hydrogen (secondary N) is 1. The minimum absolute atomic E-state index is 0.202. The Balaban J connectivity index is 2.29. The van der Waals surface area contributed by atoms with E-state index < -0.39 is 11.7 Å². The minimum Gasteiger partial charge on any atom is -0.497 e. The smallest absolute Gasteiger partial charge is 0.257 e. The van der Waals surface area contributed by atoms with Gasteiger partial charge in [0.25, 0.3) is 5.91 Å². The fourth-order valence-corrected chi connectivity index (χ4v) is 2.19. The van der Waals surface area contributed by atoms with Crippen molar-refractivity contribution in [3.63, 3.8) is 0 Å². The monoisotopic (exact) mass is 353 g/mol. The zero-order chi connectivity index (χ0) is 15.4. The van der Waals surface area contributed by atoms with Gasteiger partial charge in [0.1, 0.15) is 17.3 Å². The predicted octanol–water partition coefficient (Wildman–Crippen LogP) is 3.86. The first-order valence-corrected chi connectivity index (χ1v) is 6.83. The maximum Gasteiger partial charge on any atom is 0.257 e. The molecule has 2 aromatic carbocycles. The van der Waals surface area contributed by atoms with Crippen LogP contribution < -0.4 is 14.8 Å². The van der Waals surface area contributed by atoms with Crippen LogP contribution in [0.3, 0.4) is 0 Å². The van der Waals surface area contributed by atoms with E-state index in [1.807, 2.05) is 0 Å². The Kier molecular flexibility index (Phi) is 4.80. The van der Waals surface area contributed by atoms with Gasteiger partial charge in [-0.2, -0.15) is 0 Å². The highest BCUT2D eigenvalue weighted by Gasteiger charge is 2.14. The van der Waals surface area contributed by atoms with Gasteiger partial charge in [-0.05, 0) is 46.3 Å². The molecule has 0 radical (unpaired) electrons. The van der Waals surface area contributed by atoms with Crippen LogP contribution in [-0.4, -0.2) is 20.1 Å². The van der Waals surface area contributed by atoms with E-state index >= 15 is 0 Å². The molecular weight excluding hydrogens is 341 g/mol. The van der Waals surface area contributed by atoms with E-state index in [0.717, 1.165) is 6.07 Å². The number of amides is 1. The summed E-state index contributed by atoms with van der Waals surface area (Å²) in [4.78, 5) is 12.2. The van der Waals surface area contributed by atoms with Crippen molar-refractivity contribution in [2.75, 3.05) is 19.5 Å². The van der Waals surface area contributed by atoms with Crippen molar-refractivity contribution in [1.82, 2.24) is 0 Å². The molecular formula is C15H13BrFNO3. The lowest BCUT2D eigenvalue weighted by atomic mass is 10.2. The number of rotatable bonds is 4. The molecule has 1 N–H and O–H groups in total. The molecule has 1 amide bonds. The quantitative estimate of drug-likeness (QED) is 0.907. The summed E-state index contributed by atoms with van der Waals surface area (Å²) < 4.78 is 24.0. The highest BCUT2D eigenvalue weighted by Crippen LogP contribution is 2.30. The van der Waals surface area contributed by atoms with Crippen LogP contribution in [0.1, 0.15) is 10.4 Å². The van der Waals surface area contributed by atoms with Crippen molar-refractivity contribution in [2.45, 2.75) is 0 Å². The van der Waals surface area contributed by atoms with Crippen LogP contribution in [0.15, 0.2) is 40.9 Å². The van der Waals surface area contributed by atoms with Crippen LogP contribution in [0.5, 0.6) is 11.5 Å². The van der Waals surface area contributed by atoms with E-state index in [2.05, 4.69) is 21.2 Å². The molecule has 21 heavy (non-hydrogen) atoms. The van der Waals surface area contributed by atoms with Gasteiger partial charge in [0.2, 0.25) is 0 Å². The molecule has 110 valence electrons. The van der Waals surface area contributed by atoms with Crippen molar-refractivity contribution in [3.05, 3.63) is 52.3 Å². The average Bonchev–Trinajstić information content (AvgIpc) is 2.49. The molecule has 0 fully saturated rings. The van der Waals surface area contributed by atoms with Crippen molar-refractivity contribution < 1.29 is 18.7 Å². The average molecular weight is 354 g/mol. The number of methoxy groups -OCH3 is 2. The molecule has 0 aliphatic carbocycles. The van der Waals surface area contributed by atoms with Gasteiger partial charge in [-0.25, -0.2) is 4.39 Å². The third-order valence-corrected chi connectivity index (χ3v) is 3.52.